The molecule has 96 valence electrons. The highest BCUT2D eigenvalue weighted by atomic mass is 19.1. The van der Waals surface area contributed by atoms with Gasteiger partial charge in [0.1, 0.15) is 5.82 Å². The molecule has 0 aromatic heterocycles. The van der Waals surface area contributed by atoms with Gasteiger partial charge in [-0.1, -0.05) is 12.1 Å². The van der Waals surface area contributed by atoms with Crippen LogP contribution in [-0.2, 0) is 4.74 Å². The fraction of sp³-hybridized carbons (Fsp3) is 0.538. The Kier molecular flexibility index (Phi) is 6.11. The third-order valence-electron chi connectivity index (χ3n) is 2.79. The molecule has 1 rings (SSSR count). The van der Waals surface area contributed by atoms with Gasteiger partial charge in [-0.2, -0.15) is 0 Å². The Morgan fingerprint density at radius 1 is 1.47 bits per heavy atom. The van der Waals surface area contributed by atoms with Crippen molar-refractivity contribution in [1.82, 2.24) is 5.43 Å². The lowest BCUT2D eigenvalue weighted by Crippen LogP contribution is -2.28. The van der Waals surface area contributed by atoms with E-state index in [1.807, 2.05) is 13.0 Å². The molecule has 1 unspecified atom stereocenters. The van der Waals surface area contributed by atoms with Gasteiger partial charge in [0.25, 0.3) is 0 Å². The minimum absolute atomic E-state index is 0.0226. The Balaban J connectivity index is 2.56. The molecule has 0 heterocycles. The number of aryl methyl sites for hydroxylation is 1. The van der Waals surface area contributed by atoms with Crippen LogP contribution < -0.4 is 11.3 Å². The van der Waals surface area contributed by atoms with Crippen LogP contribution in [0, 0.1) is 12.7 Å². The summed E-state index contributed by atoms with van der Waals surface area (Å²) in [4.78, 5) is 0. The van der Waals surface area contributed by atoms with Gasteiger partial charge < -0.3 is 4.74 Å². The van der Waals surface area contributed by atoms with E-state index in [1.165, 1.54) is 0 Å². The minimum Gasteiger partial charge on any atom is -0.382 e. The van der Waals surface area contributed by atoms with Crippen molar-refractivity contribution in [3.8, 4) is 0 Å². The monoisotopic (exact) mass is 240 g/mol. The van der Waals surface area contributed by atoms with Crippen molar-refractivity contribution >= 4 is 0 Å². The van der Waals surface area contributed by atoms with Gasteiger partial charge in [0.15, 0.2) is 0 Å². The summed E-state index contributed by atoms with van der Waals surface area (Å²) in [7, 11) is 0. The van der Waals surface area contributed by atoms with Gasteiger partial charge in [-0.25, -0.2) is 4.39 Å². The molecule has 4 heteroatoms. The summed E-state index contributed by atoms with van der Waals surface area (Å²) in [5, 5.41) is 0. The van der Waals surface area contributed by atoms with Crippen molar-refractivity contribution in [3.05, 3.63) is 35.1 Å². The molecule has 1 aromatic rings. The molecule has 0 bridgehead atoms. The number of halogens is 1. The molecule has 0 aliphatic carbocycles. The number of hydrazine groups is 1. The van der Waals surface area contributed by atoms with Crippen LogP contribution in [0.4, 0.5) is 4.39 Å². The largest absolute Gasteiger partial charge is 0.382 e. The van der Waals surface area contributed by atoms with Crippen molar-refractivity contribution in [1.29, 1.82) is 0 Å². The molecule has 17 heavy (non-hydrogen) atoms. The quantitative estimate of drug-likeness (QED) is 0.437. The molecular weight excluding hydrogens is 219 g/mol. The van der Waals surface area contributed by atoms with E-state index < -0.39 is 0 Å². The molecule has 0 aliphatic heterocycles. The maximum absolute atomic E-state index is 13.4. The second-order valence-corrected chi connectivity index (χ2v) is 4.07. The Morgan fingerprint density at radius 2 is 2.24 bits per heavy atom. The zero-order valence-electron chi connectivity index (χ0n) is 10.5. The second-order valence-electron chi connectivity index (χ2n) is 4.07. The van der Waals surface area contributed by atoms with Gasteiger partial charge in [-0.3, -0.25) is 11.3 Å². The van der Waals surface area contributed by atoms with Crippen LogP contribution in [-0.4, -0.2) is 13.2 Å². The molecular formula is C13H21FN2O. The number of ether oxygens (including phenoxy) is 1. The van der Waals surface area contributed by atoms with Crippen LogP contribution in [0.3, 0.4) is 0 Å². The van der Waals surface area contributed by atoms with Gasteiger partial charge >= 0.3 is 0 Å². The average Bonchev–Trinajstić information content (AvgIpc) is 2.33. The summed E-state index contributed by atoms with van der Waals surface area (Å²) in [6.45, 7) is 5.15. The number of rotatable bonds is 7. The highest BCUT2D eigenvalue weighted by Crippen LogP contribution is 2.20. The molecule has 0 saturated heterocycles. The molecule has 3 N–H and O–H groups in total. The number of hydrogen-bond donors (Lipinski definition) is 2. The first-order chi connectivity index (χ1) is 8.19. The molecule has 1 atom stereocenters. The maximum Gasteiger partial charge on any atom is 0.126 e. The molecule has 0 spiro atoms. The van der Waals surface area contributed by atoms with Crippen molar-refractivity contribution in [3.63, 3.8) is 0 Å². The van der Waals surface area contributed by atoms with Crippen LogP contribution in [0.15, 0.2) is 18.2 Å². The standard InChI is InChI=1S/C13H21FN2O/c1-3-17-8-4-5-13(16-15)11-7-6-10(2)12(14)9-11/h6-7,9,13,16H,3-5,8,15H2,1-2H3. The van der Waals surface area contributed by atoms with E-state index in [4.69, 9.17) is 10.6 Å². The van der Waals surface area contributed by atoms with Crippen LogP contribution in [0.1, 0.15) is 36.9 Å². The minimum atomic E-state index is -0.187. The summed E-state index contributed by atoms with van der Waals surface area (Å²) in [5.41, 5.74) is 4.25. The Bertz CT molecular complexity index is 344. The van der Waals surface area contributed by atoms with Crippen molar-refractivity contribution in [2.24, 2.45) is 5.84 Å². The third kappa shape index (κ3) is 4.42. The van der Waals surface area contributed by atoms with E-state index in [0.29, 0.717) is 12.2 Å². The SMILES string of the molecule is CCOCCCC(NN)c1ccc(C)c(F)c1. The van der Waals surface area contributed by atoms with Crippen LogP contribution in [0.25, 0.3) is 0 Å². The molecule has 0 radical (unpaired) electrons. The lowest BCUT2D eigenvalue weighted by molar-refractivity contribution is 0.141. The Labute approximate surface area is 102 Å². The molecule has 3 nitrogen and oxygen atoms in total. The van der Waals surface area contributed by atoms with Crippen LogP contribution >= 0.6 is 0 Å². The second kappa shape index (κ2) is 7.37. The molecule has 0 amide bonds. The summed E-state index contributed by atoms with van der Waals surface area (Å²) in [6.07, 6.45) is 1.73. The topological polar surface area (TPSA) is 47.3 Å². The summed E-state index contributed by atoms with van der Waals surface area (Å²) < 4.78 is 18.7. The van der Waals surface area contributed by atoms with Crippen LogP contribution in [0.2, 0.25) is 0 Å². The lowest BCUT2D eigenvalue weighted by atomic mass is 10.0. The maximum atomic E-state index is 13.4. The fourth-order valence-corrected chi connectivity index (χ4v) is 1.71. The number of hydrogen-bond acceptors (Lipinski definition) is 3. The molecule has 0 fully saturated rings. The van der Waals surface area contributed by atoms with E-state index in [0.717, 1.165) is 25.0 Å². The number of nitrogens with two attached hydrogens (primary N) is 1. The van der Waals surface area contributed by atoms with Gasteiger partial charge in [-0.05, 0) is 43.9 Å². The lowest BCUT2D eigenvalue weighted by Gasteiger charge is -2.16. The van der Waals surface area contributed by atoms with E-state index in [9.17, 15) is 4.39 Å². The number of benzene rings is 1. The first kappa shape index (κ1) is 14.1. The van der Waals surface area contributed by atoms with Gasteiger partial charge in [0, 0.05) is 19.3 Å². The van der Waals surface area contributed by atoms with E-state index >= 15 is 0 Å². The number of nitrogens with one attached hydrogen (secondary N) is 1. The van der Waals surface area contributed by atoms with E-state index in [2.05, 4.69) is 5.43 Å². The smallest absolute Gasteiger partial charge is 0.126 e. The van der Waals surface area contributed by atoms with Crippen molar-refractivity contribution < 1.29 is 9.13 Å². The van der Waals surface area contributed by atoms with Crippen molar-refractivity contribution in [2.45, 2.75) is 32.7 Å². The first-order valence-corrected chi connectivity index (χ1v) is 5.99. The predicted octanol–water partition coefficient (Wildman–Crippen LogP) is 2.46. The highest BCUT2D eigenvalue weighted by molar-refractivity contribution is 5.25. The zero-order valence-corrected chi connectivity index (χ0v) is 10.5. The summed E-state index contributed by atoms with van der Waals surface area (Å²) in [6, 6.07) is 5.20. The van der Waals surface area contributed by atoms with E-state index in [1.54, 1.807) is 19.1 Å². The van der Waals surface area contributed by atoms with Gasteiger partial charge in [-0.15, -0.1) is 0 Å². The zero-order chi connectivity index (χ0) is 12.7. The summed E-state index contributed by atoms with van der Waals surface area (Å²) in [5.74, 6) is 5.31. The van der Waals surface area contributed by atoms with Crippen LogP contribution in [0.5, 0.6) is 0 Å². The fourth-order valence-electron chi connectivity index (χ4n) is 1.71. The highest BCUT2D eigenvalue weighted by Gasteiger charge is 2.10. The third-order valence-corrected chi connectivity index (χ3v) is 2.79. The average molecular weight is 240 g/mol. The molecule has 0 aliphatic rings. The predicted molar refractivity (Wildman–Crippen MR) is 66.9 cm³/mol. The Morgan fingerprint density at radius 3 is 2.82 bits per heavy atom. The van der Waals surface area contributed by atoms with Crippen molar-refractivity contribution in [2.75, 3.05) is 13.2 Å². The first-order valence-electron chi connectivity index (χ1n) is 5.99. The normalized spacial score (nSPS) is 12.7. The van der Waals surface area contributed by atoms with Gasteiger partial charge in [0.05, 0.1) is 0 Å². The van der Waals surface area contributed by atoms with Gasteiger partial charge in [0.2, 0.25) is 0 Å². The van der Waals surface area contributed by atoms with E-state index in [-0.39, 0.29) is 11.9 Å². The Hall–Kier alpha value is -0.970. The molecule has 0 saturated carbocycles. The summed E-state index contributed by atoms with van der Waals surface area (Å²) >= 11 is 0. The molecule has 1 aromatic carbocycles.